The van der Waals surface area contributed by atoms with Gasteiger partial charge in [-0.25, -0.2) is 9.18 Å². The molecule has 2 N–H and O–H groups in total. The number of amides is 1. The summed E-state index contributed by atoms with van der Waals surface area (Å²) in [6.45, 7) is 8.47. The van der Waals surface area contributed by atoms with Crippen molar-refractivity contribution in [3.8, 4) is 11.5 Å². The van der Waals surface area contributed by atoms with Crippen LogP contribution in [-0.2, 0) is 25.6 Å². The maximum Gasteiger partial charge on any atom is 0.410 e. The van der Waals surface area contributed by atoms with Crippen LogP contribution in [0.4, 0.5) is 9.18 Å². The minimum absolute atomic E-state index is 0.0273. The first-order valence-corrected chi connectivity index (χ1v) is 22.4. The Kier molecular flexibility index (Phi) is 15.8. The smallest absolute Gasteiger partial charge is 0.410 e. The number of ether oxygens (including phenoxy) is 5. The topological polar surface area (TPSA) is 132 Å². The Balaban J connectivity index is 1.42. The molecule has 0 bridgehead atoms. The zero-order valence-electron chi connectivity index (χ0n) is 34.6. The van der Waals surface area contributed by atoms with Gasteiger partial charge in [0.15, 0.2) is 0 Å². The van der Waals surface area contributed by atoms with E-state index in [0.29, 0.717) is 49.5 Å². The number of alkyl halides is 1. The molecule has 2 saturated heterocycles. The fourth-order valence-corrected chi connectivity index (χ4v) is 9.62. The number of carbonyl (C=O) groups excluding carboxylic acids is 1. The summed E-state index contributed by atoms with van der Waals surface area (Å²) in [6, 6.07) is 11.2. The van der Waals surface area contributed by atoms with Crippen LogP contribution in [0.5, 0.6) is 11.5 Å². The van der Waals surface area contributed by atoms with Gasteiger partial charge in [-0.05, 0) is 91.8 Å². The predicted molar refractivity (Wildman–Crippen MR) is 226 cm³/mol. The second-order valence-electron chi connectivity index (χ2n) is 16.4. The number of carbonyl (C=O) groups is 1. The molecule has 1 unspecified atom stereocenters. The molecule has 5 aliphatic rings. The lowest BCUT2D eigenvalue weighted by Crippen LogP contribution is -2.70. The molecule has 3 fully saturated rings. The second-order valence-corrected chi connectivity index (χ2v) is 16.8. The van der Waals surface area contributed by atoms with Crippen LogP contribution in [0.25, 0.3) is 0 Å². The van der Waals surface area contributed by atoms with Crippen molar-refractivity contribution in [3.05, 3.63) is 83.7 Å². The average Bonchev–Trinajstić information content (AvgIpc) is 4.10. The minimum atomic E-state index is -1.50. The molecule has 328 valence electrons. The van der Waals surface area contributed by atoms with Crippen molar-refractivity contribution in [1.82, 2.24) is 9.80 Å². The monoisotopic (exact) mass is 853 g/mol. The number of unbranched alkanes of at least 4 members (excludes halogenated alkanes) is 2. The van der Waals surface area contributed by atoms with Crippen LogP contribution < -0.4 is 9.47 Å². The highest BCUT2D eigenvalue weighted by atomic mass is 35.5. The number of hydrogen-bond donors (Lipinski definition) is 2. The van der Waals surface area contributed by atoms with Crippen molar-refractivity contribution in [2.75, 3.05) is 65.2 Å². The molecular formula is C46H61ClFN3O9. The number of aliphatic hydroxyl groups excluding tert-OH is 2. The molecule has 1 amide bonds. The first-order valence-electron chi connectivity index (χ1n) is 21.8. The molecule has 7 rings (SSSR count). The minimum Gasteiger partial charge on any atom is -0.492 e. The Morgan fingerprint density at radius 1 is 1.07 bits per heavy atom. The van der Waals surface area contributed by atoms with Gasteiger partial charge >= 0.3 is 6.09 Å². The van der Waals surface area contributed by atoms with E-state index in [1.807, 2.05) is 12.1 Å². The fraction of sp³-hybridized carbons (Fsp3) is 0.609. The maximum absolute atomic E-state index is 14.5. The largest absolute Gasteiger partial charge is 0.492 e. The number of rotatable bonds is 22. The van der Waals surface area contributed by atoms with Gasteiger partial charge in [0.25, 0.3) is 0 Å². The molecule has 2 aliphatic carbocycles. The van der Waals surface area contributed by atoms with Gasteiger partial charge in [0, 0.05) is 63.7 Å². The number of halogens is 2. The van der Waals surface area contributed by atoms with Crippen LogP contribution in [0.1, 0.15) is 81.3 Å². The molecule has 0 spiro atoms. The summed E-state index contributed by atoms with van der Waals surface area (Å²) >= 11 is 6.07. The normalized spacial score (nSPS) is 27.5. The van der Waals surface area contributed by atoms with Crippen molar-refractivity contribution in [1.29, 1.82) is 0 Å². The molecule has 0 radical (unpaired) electrons. The van der Waals surface area contributed by atoms with Gasteiger partial charge in [0.2, 0.25) is 12.1 Å². The molecule has 1 saturated carbocycles. The van der Waals surface area contributed by atoms with Crippen molar-refractivity contribution < 1.29 is 47.9 Å². The quantitative estimate of drug-likeness (QED) is 0.0403. The Labute approximate surface area is 358 Å². The molecule has 3 aliphatic heterocycles. The standard InChI is InChI=1S/C46H61ClFN3O9/c1-2-24-58-46-41(51(45(54)57-26-18-47)31-32-12-14-34(48)15-13-32)30-39(49-60-42-11-5-8-25-56-42)37-28-33(9-3-6-22-52)36(10-4-7-23-53)43(44(37)46)38-29-35(16-17-40(38)59-46)55-27-21-50-19-20-50/h2,12-17,28-29,33,36,41-44,52-53H,1,3-11,18-27,30-31H2/t33-,36+,41-,42?,43+,44+,46+/m0/s1. The first kappa shape index (κ1) is 44.3. The molecule has 2 aromatic carbocycles. The highest BCUT2D eigenvalue weighted by Gasteiger charge is 2.65. The Morgan fingerprint density at radius 2 is 1.87 bits per heavy atom. The fourth-order valence-electron chi connectivity index (χ4n) is 9.54. The zero-order chi connectivity index (χ0) is 41.9. The molecule has 0 aromatic heterocycles. The van der Waals surface area contributed by atoms with E-state index in [1.165, 1.54) is 12.1 Å². The van der Waals surface area contributed by atoms with Crippen LogP contribution in [0.15, 0.2) is 71.9 Å². The summed E-state index contributed by atoms with van der Waals surface area (Å²) in [5.41, 5.74) is 3.21. The first-order chi connectivity index (χ1) is 29.4. The molecular weight excluding hydrogens is 793 g/mol. The Morgan fingerprint density at radius 3 is 2.58 bits per heavy atom. The highest BCUT2D eigenvalue weighted by Crippen LogP contribution is 2.62. The lowest BCUT2D eigenvalue weighted by molar-refractivity contribution is -0.256. The average molecular weight is 854 g/mol. The van der Waals surface area contributed by atoms with Gasteiger partial charge in [-0.1, -0.05) is 42.3 Å². The van der Waals surface area contributed by atoms with Crippen molar-refractivity contribution in [3.63, 3.8) is 0 Å². The lowest BCUT2D eigenvalue weighted by Gasteiger charge is -2.60. The van der Waals surface area contributed by atoms with E-state index in [2.05, 4.69) is 23.6 Å². The molecule has 3 heterocycles. The maximum atomic E-state index is 14.5. The predicted octanol–water partition coefficient (Wildman–Crippen LogP) is 7.56. The van der Waals surface area contributed by atoms with Gasteiger partial charge in [0.05, 0.1) is 30.7 Å². The van der Waals surface area contributed by atoms with Crippen LogP contribution >= 0.6 is 11.6 Å². The summed E-state index contributed by atoms with van der Waals surface area (Å²) < 4.78 is 46.8. The third-order valence-corrected chi connectivity index (χ3v) is 12.6. The van der Waals surface area contributed by atoms with E-state index < -0.39 is 35.9 Å². The summed E-state index contributed by atoms with van der Waals surface area (Å²) in [5, 5.41) is 24.8. The molecule has 7 atom stereocenters. The van der Waals surface area contributed by atoms with Crippen LogP contribution in [0.3, 0.4) is 0 Å². The van der Waals surface area contributed by atoms with Crippen LogP contribution in [0, 0.1) is 23.6 Å². The van der Waals surface area contributed by atoms with Crippen molar-refractivity contribution in [2.24, 2.45) is 22.9 Å². The SMILES string of the molecule is C=CCO[C@@]12Oc3ccc(OCCN4CC4)cc3[C@H]3[C@H](CCCCO)[C@@H](CCCCO)C=C(C(=NOC4CCCCO4)C[C@@H]1N(Cc1ccc(F)cc1)C(=O)OCCCl)[C@H]32. The lowest BCUT2D eigenvalue weighted by atomic mass is 9.55. The zero-order valence-corrected chi connectivity index (χ0v) is 35.3. The second kappa shape index (κ2) is 21.4. The third kappa shape index (κ3) is 10.5. The number of nitrogens with zero attached hydrogens (tertiary/aromatic N) is 3. The number of allylic oxidation sites excluding steroid dienone is 1. The van der Waals surface area contributed by atoms with E-state index in [-0.39, 0.29) is 63.0 Å². The van der Waals surface area contributed by atoms with Gasteiger partial charge in [-0.2, -0.15) is 0 Å². The summed E-state index contributed by atoms with van der Waals surface area (Å²) in [7, 11) is 0. The van der Waals surface area contributed by atoms with E-state index in [0.717, 1.165) is 75.0 Å². The Bertz CT molecular complexity index is 1790. The van der Waals surface area contributed by atoms with Gasteiger partial charge < -0.3 is 38.7 Å². The van der Waals surface area contributed by atoms with Gasteiger partial charge in [0.1, 0.15) is 36.6 Å². The van der Waals surface area contributed by atoms with E-state index in [9.17, 15) is 19.4 Å². The molecule has 12 nitrogen and oxygen atoms in total. The molecule has 14 heteroatoms. The number of fused-ring (bicyclic) bond motifs is 2. The summed E-state index contributed by atoms with van der Waals surface area (Å²) in [4.78, 5) is 24.6. The molecule has 2 aromatic rings. The van der Waals surface area contributed by atoms with Gasteiger partial charge in [-0.3, -0.25) is 9.80 Å². The Hall–Kier alpha value is -3.72. The van der Waals surface area contributed by atoms with Gasteiger partial charge in [-0.15, -0.1) is 18.2 Å². The van der Waals surface area contributed by atoms with Crippen molar-refractivity contribution in [2.45, 2.75) is 94.8 Å². The van der Waals surface area contributed by atoms with E-state index in [1.54, 1.807) is 23.1 Å². The number of hydrogen-bond acceptors (Lipinski definition) is 11. The number of aliphatic hydroxyl groups is 2. The van der Waals surface area contributed by atoms with Crippen molar-refractivity contribution >= 4 is 23.4 Å². The van der Waals surface area contributed by atoms with E-state index in [4.69, 9.17) is 45.3 Å². The molecule has 60 heavy (non-hydrogen) atoms. The van der Waals surface area contributed by atoms with E-state index >= 15 is 0 Å². The number of oxime groups is 1. The number of benzene rings is 2. The summed E-state index contributed by atoms with van der Waals surface area (Å²) in [5.74, 6) is -1.06. The van der Waals surface area contributed by atoms with Crippen LogP contribution in [-0.4, -0.2) is 115 Å². The highest BCUT2D eigenvalue weighted by molar-refractivity contribution is 6.18. The van der Waals surface area contributed by atoms with Crippen LogP contribution in [0.2, 0.25) is 0 Å². The third-order valence-electron chi connectivity index (χ3n) is 12.5. The summed E-state index contributed by atoms with van der Waals surface area (Å²) in [6.07, 6.45) is 10.2.